The quantitative estimate of drug-likeness (QED) is 0.725. The molecule has 8 nitrogen and oxygen atoms in total. The third-order valence-corrected chi connectivity index (χ3v) is 4.46. The molecule has 3 aromatic rings. The van der Waals surface area contributed by atoms with Crippen LogP contribution in [-0.2, 0) is 11.8 Å². The van der Waals surface area contributed by atoms with Crippen LogP contribution < -0.4 is 5.56 Å². The summed E-state index contributed by atoms with van der Waals surface area (Å²) in [5.74, 6) is -2.53. The lowest BCUT2D eigenvalue weighted by Gasteiger charge is -2.17. The first kappa shape index (κ1) is 18.2. The SMILES string of the molecule is Cc1cn2c(c(O)c(C(=O)N(C)CC(=O)O)c(=O)n2C)c1-c1ccccc1. The van der Waals surface area contributed by atoms with E-state index in [1.807, 2.05) is 37.3 Å². The Hall–Kier alpha value is -3.55. The minimum Gasteiger partial charge on any atom is -0.505 e. The van der Waals surface area contributed by atoms with E-state index in [9.17, 15) is 19.5 Å². The van der Waals surface area contributed by atoms with Crippen LogP contribution in [0.5, 0.6) is 5.75 Å². The maximum atomic E-state index is 12.7. The van der Waals surface area contributed by atoms with Gasteiger partial charge in [-0.2, -0.15) is 0 Å². The highest BCUT2D eigenvalue weighted by atomic mass is 16.4. The summed E-state index contributed by atoms with van der Waals surface area (Å²) in [7, 11) is 2.75. The van der Waals surface area contributed by atoms with Gasteiger partial charge in [0.2, 0.25) is 0 Å². The van der Waals surface area contributed by atoms with Gasteiger partial charge in [-0.1, -0.05) is 30.3 Å². The molecule has 0 unspecified atom stereocenters. The van der Waals surface area contributed by atoms with Crippen LogP contribution >= 0.6 is 0 Å². The molecule has 2 heterocycles. The Kier molecular flexibility index (Phi) is 4.49. The minimum absolute atomic E-state index is 0.313. The normalized spacial score (nSPS) is 10.9. The third kappa shape index (κ3) is 2.95. The average molecular weight is 369 g/mol. The topological polar surface area (TPSA) is 104 Å². The van der Waals surface area contributed by atoms with E-state index in [-0.39, 0.29) is 0 Å². The van der Waals surface area contributed by atoms with Gasteiger partial charge in [0.25, 0.3) is 11.5 Å². The molecule has 3 rings (SSSR count). The molecule has 0 aliphatic rings. The molecule has 0 spiro atoms. The molecule has 0 saturated carbocycles. The molecule has 0 saturated heterocycles. The number of carbonyl (C=O) groups excluding carboxylic acids is 1. The van der Waals surface area contributed by atoms with Gasteiger partial charge >= 0.3 is 5.97 Å². The minimum atomic E-state index is -1.22. The number of likely N-dealkylation sites (N-methyl/N-ethyl adjacent to an activating group) is 1. The van der Waals surface area contributed by atoms with Gasteiger partial charge in [0.05, 0.1) is 0 Å². The van der Waals surface area contributed by atoms with Crippen molar-refractivity contribution < 1.29 is 19.8 Å². The molecule has 2 aromatic heterocycles. The average Bonchev–Trinajstić information content (AvgIpc) is 2.97. The Labute approximate surface area is 154 Å². The van der Waals surface area contributed by atoms with Gasteiger partial charge in [-0.15, -0.1) is 0 Å². The highest BCUT2D eigenvalue weighted by Crippen LogP contribution is 2.35. The first-order chi connectivity index (χ1) is 12.7. The van der Waals surface area contributed by atoms with Gasteiger partial charge in [0, 0.05) is 25.9 Å². The Morgan fingerprint density at radius 2 is 1.81 bits per heavy atom. The van der Waals surface area contributed by atoms with Crippen molar-refractivity contribution in [1.29, 1.82) is 0 Å². The Balaban J connectivity index is 2.33. The van der Waals surface area contributed by atoms with Crippen LogP contribution in [0.3, 0.4) is 0 Å². The molecule has 2 N–H and O–H groups in total. The molecule has 0 bridgehead atoms. The summed E-state index contributed by atoms with van der Waals surface area (Å²) in [5.41, 5.74) is 1.48. The molecule has 0 aliphatic carbocycles. The second kappa shape index (κ2) is 6.64. The lowest BCUT2D eigenvalue weighted by Crippen LogP contribution is -2.38. The summed E-state index contributed by atoms with van der Waals surface area (Å²) in [6.45, 7) is 1.26. The van der Waals surface area contributed by atoms with Gasteiger partial charge in [0.1, 0.15) is 12.1 Å². The maximum Gasteiger partial charge on any atom is 0.323 e. The van der Waals surface area contributed by atoms with E-state index in [2.05, 4.69) is 0 Å². The molecule has 8 heteroatoms. The Bertz CT molecular complexity index is 1110. The van der Waals surface area contributed by atoms with E-state index in [1.165, 1.54) is 23.3 Å². The number of carbonyl (C=O) groups is 2. The van der Waals surface area contributed by atoms with Gasteiger partial charge in [-0.25, -0.2) is 4.68 Å². The summed E-state index contributed by atoms with van der Waals surface area (Å²) >= 11 is 0. The highest BCUT2D eigenvalue weighted by molar-refractivity contribution is 6.02. The summed E-state index contributed by atoms with van der Waals surface area (Å²) in [6, 6.07) is 9.30. The molecule has 140 valence electrons. The number of fused-ring (bicyclic) bond motifs is 1. The van der Waals surface area contributed by atoms with Crippen LogP contribution in [0.1, 0.15) is 15.9 Å². The van der Waals surface area contributed by atoms with Crippen molar-refractivity contribution in [2.24, 2.45) is 7.05 Å². The zero-order valence-corrected chi connectivity index (χ0v) is 15.1. The van der Waals surface area contributed by atoms with Crippen LogP contribution in [0.25, 0.3) is 16.6 Å². The molecule has 0 aliphatic heterocycles. The fraction of sp³-hybridized carbons (Fsp3) is 0.211. The number of hydrogen-bond acceptors (Lipinski definition) is 4. The van der Waals surface area contributed by atoms with Crippen LogP contribution in [0.15, 0.2) is 41.3 Å². The zero-order valence-electron chi connectivity index (χ0n) is 15.1. The van der Waals surface area contributed by atoms with E-state index in [0.29, 0.717) is 11.1 Å². The number of aryl methyl sites for hydroxylation is 2. The number of carboxylic acids is 1. The number of aromatic hydroxyl groups is 1. The van der Waals surface area contributed by atoms with E-state index in [1.54, 1.807) is 6.20 Å². The zero-order chi connectivity index (χ0) is 19.9. The number of hydrogen-bond donors (Lipinski definition) is 2. The summed E-state index contributed by atoms with van der Waals surface area (Å²) in [6.07, 6.45) is 1.70. The second-order valence-corrected chi connectivity index (χ2v) is 6.35. The van der Waals surface area contributed by atoms with Gasteiger partial charge < -0.3 is 15.1 Å². The van der Waals surface area contributed by atoms with Gasteiger partial charge in [0.15, 0.2) is 11.3 Å². The molecule has 1 amide bonds. The molecular formula is C19H19N3O5. The number of amides is 1. The van der Waals surface area contributed by atoms with Crippen LogP contribution in [-0.4, -0.2) is 49.8 Å². The molecule has 0 radical (unpaired) electrons. The van der Waals surface area contributed by atoms with Crippen LogP contribution in [0.2, 0.25) is 0 Å². The Morgan fingerprint density at radius 3 is 2.41 bits per heavy atom. The molecule has 0 atom stereocenters. The van der Waals surface area contributed by atoms with Crippen LogP contribution in [0.4, 0.5) is 0 Å². The van der Waals surface area contributed by atoms with Gasteiger partial charge in [-0.05, 0) is 18.1 Å². The smallest absolute Gasteiger partial charge is 0.323 e. The number of aromatic nitrogens is 2. The predicted molar refractivity (Wildman–Crippen MR) is 99.1 cm³/mol. The number of rotatable bonds is 4. The predicted octanol–water partition coefficient (Wildman–Crippen LogP) is 1.48. The van der Waals surface area contributed by atoms with Crippen molar-refractivity contribution in [3.8, 4) is 16.9 Å². The van der Waals surface area contributed by atoms with Crippen molar-refractivity contribution >= 4 is 17.4 Å². The first-order valence-corrected chi connectivity index (χ1v) is 8.20. The van der Waals surface area contributed by atoms with Crippen molar-refractivity contribution in [1.82, 2.24) is 14.1 Å². The first-order valence-electron chi connectivity index (χ1n) is 8.20. The maximum absolute atomic E-state index is 12.7. The third-order valence-electron chi connectivity index (χ3n) is 4.46. The van der Waals surface area contributed by atoms with Crippen molar-refractivity contribution in [3.63, 3.8) is 0 Å². The molecule has 27 heavy (non-hydrogen) atoms. The number of aliphatic carboxylic acids is 1. The van der Waals surface area contributed by atoms with Crippen molar-refractivity contribution in [2.75, 3.05) is 13.6 Å². The highest BCUT2D eigenvalue weighted by Gasteiger charge is 2.27. The van der Waals surface area contributed by atoms with E-state index in [0.717, 1.165) is 16.0 Å². The standard InChI is InChI=1S/C19H19N3O5/c1-11-9-22-16(14(11)12-7-5-4-6-8-12)17(25)15(19(27)21(22)3)18(26)20(2)10-13(23)24/h4-9,25H,10H2,1-3H3,(H,23,24). The summed E-state index contributed by atoms with van der Waals surface area (Å²) in [4.78, 5) is 37.1. The van der Waals surface area contributed by atoms with Gasteiger partial charge in [-0.3, -0.25) is 18.9 Å². The van der Waals surface area contributed by atoms with Crippen LogP contribution in [0, 0.1) is 6.92 Å². The van der Waals surface area contributed by atoms with E-state index >= 15 is 0 Å². The number of carboxylic acid groups (broad SMARTS) is 1. The summed E-state index contributed by atoms with van der Waals surface area (Å²) < 4.78 is 2.71. The monoisotopic (exact) mass is 369 g/mol. The van der Waals surface area contributed by atoms with E-state index in [4.69, 9.17) is 5.11 Å². The number of benzene rings is 1. The lowest BCUT2D eigenvalue weighted by atomic mass is 10.0. The fourth-order valence-electron chi connectivity index (χ4n) is 3.18. The summed E-state index contributed by atoms with van der Waals surface area (Å²) in [5, 5.41) is 19.7. The van der Waals surface area contributed by atoms with E-state index < -0.39 is 35.3 Å². The lowest BCUT2D eigenvalue weighted by molar-refractivity contribution is -0.137. The van der Waals surface area contributed by atoms with Crippen molar-refractivity contribution in [2.45, 2.75) is 6.92 Å². The second-order valence-electron chi connectivity index (χ2n) is 6.35. The molecule has 1 aromatic carbocycles. The molecule has 0 fully saturated rings. The van der Waals surface area contributed by atoms with Crippen molar-refractivity contribution in [3.05, 3.63) is 58.0 Å². The Morgan fingerprint density at radius 1 is 1.19 bits per heavy atom. The fourth-order valence-corrected chi connectivity index (χ4v) is 3.18. The molecular weight excluding hydrogens is 350 g/mol. The number of nitrogens with zero attached hydrogens (tertiary/aromatic N) is 3. The largest absolute Gasteiger partial charge is 0.505 e.